The van der Waals surface area contributed by atoms with E-state index in [-0.39, 0.29) is 63.6 Å². The number of Topliss-reactive ketones (excluding diaryl/α,β-unsaturated/α-hetero) is 4. The van der Waals surface area contributed by atoms with Crippen molar-refractivity contribution in [3.63, 3.8) is 0 Å². The molecule has 9 heteroatoms. The molecule has 48 heavy (non-hydrogen) atoms. The van der Waals surface area contributed by atoms with Crippen LogP contribution in [0, 0.1) is 47.3 Å². The van der Waals surface area contributed by atoms with Gasteiger partial charge in [-0.3, -0.25) is 19.2 Å². The van der Waals surface area contributed by atoms with Crippen LogP contribution in [-0.2, 0) is 24.6 Å². The second-order valence-corrected chi connectivity index (χ2v) is 19.5. The van der Waals surface area contributed by atoms with Crippen molar-refractivity contribution in [1.82, 2.24) is 0 Å². The number of carbonyl (C=O) groups is 4. The van der Waals surface area contributed by atoms with E-state index >= 15 is 0 Å². The molecule has 0 spiro atoms. The molecule has 8 atom stereocenters. The van der Waals surface area contributed by atoms with Crippen LogP contribution >= 0.6 is 34.0 Å². The van der Waals surface area contributed by atoms with Crippen LogP contribution in [0.15, 0.2) is 22.1 Å². The maximum Gasteiger partial charge on any atom is 0.188 e. The molecule has 6 fully saturated rings. The lowest BCUT2D eigenvalue weighted by molar-refractivity contribution is -0.123. The lowest BCUT2D eigenvalue weighted by Gasteiger charge is -2.39. The number of hydrogen-bond acceptors (Lipinski definition) is 9. The Balaban J connectivity index is 0.942. The molecule has 6 saturated carbocycles. The van der Waals surface area contributed by atoms with Crippen molar-refractivity contribution in [2.45, 2.75) is 96.3 Å². The molecule has 0 aromatic carbocycles. The van der Waals surface area contributed by atoms with Crippen LogP contribution in [0.1, 0.15) is 102 Å². The molecule has 0 N–H and O–H groups in total. The molecule has 3 aromatic heterocycles. The van der Waals surface area contributed by atoms with Gasteiger partial charge in [0, 0.05) is 33.8 Å². The van der Waals surface area contributed by atoms with Gasteiger partial charge in [-0.25, -0.2) is 9.98 Å². The van der Waals surface area contributed by atoms with Crippen LogP contribution in [0.25, 0.3) is 19.2 Å². The van der Waals surface area contributed by atoms with Crippen molar-refractivity contribution in [2.24, 2.45) is 57.3 Å². The molecule has 0 bridgehead atoms. The first-order valence-electron chi connectivity index (χ1n) is 18.2. The highest BCUT2D eigenvalue weighted by atomic mass is 32.1. The molecule has 0 saturated heterocycles. The van der Waals surface area contributed by atoms with Crippen molar-refractivity contribution in [3.8, 4) is 9.75 Å². The number of carbonyl (C=O) groups excluding carboxylic acids is 4. The number of hydrogen-bond donors (Lipinski definition) is 0. The van der Waals surface area contributed by atoms with E-state index in [9.17, 15) is 19.2 Å². The molecule has 6 nitrogen and oxygen atoms in total. The Hall–Kier alpha value is -2.62. The predicted octanol–water partition coefficient (Wildman–Crippen LogP) is 9.44. The van der Waals surface area contributed by atoms with E-state index in [4.69, 9.17) is 9.98 Å². The van der Waals surface area contributed by atoms with Crippen LogP contribution in [0.2, 0.25) is 0 Å². The van der Waals surface area contributed by atoms with E-state index in [1.54, 1.807) is 34.0 Å². The molecule has 248 valence electrons. The lowest BCUT2D eigenvalue weighted by atomic mass is 9.64. The van der Waals surface area contributed by atoms with Crippen molar-refractivity contribution in [3.05, 3.63) is 23.3 Å². The fourth-order valence-electron chi connectivity index (χ4n) is 11.2. The van der Waals surface area contributed by atoms with E-state index in [1.807, 2.05) is 0 Å². The summed E-state index contributed by atoms with van der Waals surface area (Å²) in [5.41, 5.74) is 2.54. The van der Waals surface area contributed by atoms with Crippen LogP contribution in [-0.4, -0.2) is 34.6 Å². The minimum Gasteiger partial charge on any atom is -0.292 e. The predicted molar refractivity (Wildman–Crippen MR) is 193 cm³/mol. The molecule has 3 heterocycles. The highest BCUT2D eigenvalue weighted by Crippen LogP contribution is 2.61. The summed E-state index contributed by atoms with van der Waals surface area (Å²) in [6, 6.07) is 4.15. The van der Waals surface area contributed by atoms with Gasteiger partial charge in [-0.1, -0.05) is 65.2 Å². The quantitative estimate of drug-likeness (QED) is 0.267. The molecule has 0 aliphatic heterocycles. The van der Waals surface area contributed by atoms with Gasteiger partial charge in [0.25, 0.3) is 0 Å². The standard InChI is InChI=1S/C39H40N2O4S3/c1-39(2)25-15-27(40-30-32(42)21-11-17-7-3-4-8-18(17)12-22(21)33(30)43)47-36(25)38-29(39)37-26(46-38)16-28(48-37)41-31-34(44)23-13-19-9-5-6-10-20(19)14-24(23)35(31)45/h15-24H,3-14H2,1-2H3. The Morgan fingerprint density at radius 3 is 1.48 bits per heavy atom. The molecule has 8 unspecified atom stereocenters. The molecule has 0 radical (unpaired) electrons. The second kappa shape index (κ2) is 10.7. The number of rotatable bonds is 2. The first-order valence-corrected chi connectivity index (χ1v) is 20.7. The fraction of sp³-hybridized carbons (Fsp3) is 0.590. The summed E-state index contributed by atoms with van der Waals surface area (Å²) in [5.74, 6) is 1.59. The highest BCUT2D eigenvalue weighted by molar-refractivity contribution is 7.33. The normalized spacial score (nSPS) is 35.0. The smallest absolute Gasteiger partial charge is 0.188 e. The third-order valence-corrected chi connectivity index (χ3v) is 17.1. The summed E-state index contributed by atoms with van der Waals surface area (Å²) in [5, 5.41) is 1.49. The number of fused-ring (bicyclic) bond motifs is 9. The Morgan fingerprint density at radius 2 is 1.02 bits per heavy atom. The van der Waals surface area contributed by atoms with Gasteiger partial charge in [0.1, 0.15) is 10.0 Å². The van der Waals surface area contributed by atoms with Crippen molar-refractivity contribution < 1.29 is 19.2 Å². The van der Waals surface area contributed by atoms with Gasteiger partial charge in [0.05, 0.1) is 14.5 Å². The second-order valence-electron chi connectivity index (χ2n) is 16.4. The molecule has 10 rings (SSSR count). The number of nitrogens with zero attached hydrogens (tertiary/aromatic N) is 2. The molecule has 7 aliphatic carbocycles. The topological polar surface area (TPSA) is 93.0 Å². The summed E-state index contributed by atoms with van der Waals surface area (Å²) >= 11 is 4.90. The van der Waals surface area contributed by atoms with E-state index in [2.05, 4.69) is 26.0 Å². The van der Waals surface area contributed by atoms with Gasteiger partial charge in [-0.05, 0) is 72.6 Å². The fourth-order valence-corrected chi connectivity index (χ4v) is 15.3. The minimum atomic E-state index is -0.287. The van der Waals surface area contributed by atoms with Gasteiger partial charge < -0.3 is 0 Å². The zero-order valence-corrected chi connectivity index (χ0v) is 30.0. The zero-order chi connectivity index (χ0) is 32.6. The molecular formula is C39H40N2O4S3. The van der Waals surface area contributed by atoms with Crippen LogP contribution < -0.4 is 0 Å². The largest absolute Gasteiger partial charge is 0.292 e. The van der Waals surface area contributed by atoms with Gasteiger partial charge in [-0.15, -0.1) is 34.0 Å². The Morgan fingerprint density at radius 1 is 0.583 bits per heavy atom. The molecular weight excluding hydrogens is 657 g/mol. The minimum absolute atomic E-state index is 0.0230. The van der Waals surface area contributed by atoms with Crippen LogP contribution in [0.4, 0.5) is 10.0 Å². The summed E-state index contributed by atoms with van der Waals surface area (Å²) < 4.78 is 2.29. The van der Waals surface area contributed by atoms with Gasteiger partial charge in [0.2, 0.25) is 0 Å². The van der Waals surface area contributed by atoms with Crippen LogP contribution in [0.3, 0.4) is 0 Å². The van der Waals surface area contributed by atoms with Crippen molar-refractivity contribution in [1.29, 1.82) is 0 Å². The average molecular weight is 697 g/mol. The number of thiophene rings is 3. The van der Waals surface area contributed by atoms with E-state index in [1.165, 1.54) is 76.9 Å². The zero-order valence-electron chi connectivity index (χ0n) is 27.5. The SMILES string of the molecule is CC1(C)c2cc(N=C3C(=O)C4CC5CCCCC5CC4C3=O)sc2-c2sc3cc(N=C4C(=O)C5CC6CCCCC6CC5C4=O)sc3c21. The molecule has 3 aromatic rings. The number of aliphatic imine (C=N–C) groups is 2. The molecule has 0 amide bonds. The monoisotopic (exact) mass is 696 g/mol. The summed E-state index contributed by atoms with van der Waals surface area (Å²) in [6.45, 7) is 4.46. The third kappa shape index (κ3) is 4.25. The van der Waals surface area contributed by atoms with Gasteiger partial charge >= 0.3 is 0 Å². The first-order chi connectivity index (χ1) is 23.2. The van der Waals surface area contributed by atoms with Crippen molar-refractivity contribution in [2.75, 3.05) is 0 Å². The summed E-state index contributed by atoms with van der Waals surface area (Å²) in [6.07, 6.45) is 13.2. The average Bonchev–Trinajstić information content (AvgIpc) is 3.89. The molecule has 7 aliphatic rings. The Kier molecular flexibility index (Phi) is 6.73. The maximum atomic E-state index is 13.5. The van der Waals surface area contributed by atoms with Gasteiger partial charge in [0.15, 0.2) is 34.6 Å². The highest BCUT2D eigenvalue weighted by Gasteiger charge is 2.54. The van der Waals surface area contributed by atoms with E-state index < -0.39 is 0 Å². The van der Waals surface area contributed by atoms with E-state index in [0.717, 1.165) is 40.4 Å². The van der Waals surface area contributed by atoms with Crippen LogP contribution in [0.5, 0.6) is 0 Å². The Bertz CT molecular complexity index is 1960. The Labute approximate surface area is 292 Å². The summed E-state index contributed by atoms with van der Waals surface area (Å²) in [7, 11) is 0. The lowest BCUT2D eigenvalue weighted by Crippen LogP contribution is -2.35. The van der Waals surface area contributed by atoms with Crippen molar-refractivity contribution >= 4 is 88.0 Å². The van der Waals surface area contributed by atoms with E-state index in [0.29, 0.717) is 23.7 Å². The van der Waals surface area contributed by atoms with Gasteiger partial charge in [-0.2, -0.15) is 0 Å². The first kappa shape index (κ1) is 30.2. The summed E-state index contributed by atoms with van der Waals surface area (Å²) in [4.78, 5) is 66.1. The third-order valence-electron chi connectivity index (χ3n) is 13.6. The number of ketones is 4. The maximum absolute atomic E-state index is 13.5.